The van der Waals surface area contributed by atoms with Gasteiger partial charge in [0.2, 0.25) is 5.91 Å². The lowest BCUT2D eigenvalue weighted by atomic mass is 10.1. The molecule has 4 N–H and O–H groups in total. The Bertz CT molecular complexity index is 158. The van der Waals surface area contributed by atoms with E-state index in [1.807, 2.05) is 0 Å². The van der Waals surface area contributed by atoms with Gasteiger partial charge in [-0.1, -0.05) is 0 Å². The van der Waals surface area contributed by atoms with Crippen LogP contribution in [0.2, 0.25) is 0 Å². The van der Waals surface area contributed by atoms with Crippen LogP contribution in [-0.2, 0) is 9.59 Å². The molecular formula is C6H12N2O3. The minimum Gasteiger partial charge on any atom is -0.481 e. The number of carbonyl (C=O) groups is 2. The summed E-state index contributed by atoms with van der Waals surface area (Å²) >= 11 is 0. The highest BCUT2D eigenvalue weighted by atomic mass is 16.4. The van der Waals surface area contributed by atoms with Gasteiger partial charge in [0, 0.05) is 6.42 Å². The fourth-order valence-electron chi connectivity index (χ4n) is 0.697. The average molecular weight is 160 g/mol. The molecule has 0 aromatic carbocycles. The number of aliphatic carboxylic acids is 1. The Morgan fingerprint density at radius 2 is 2.18 bits per heavy atom. The number of carboxylic acids is 1. The highest BCUT2D eigenvalue weighted by molar-refractivity contribution is 5.80. The molecule has 0 heterocycles. The van der Waals surface area contributed by atoms with Crippen molar-refractivity contribution in [3.63, 3.8) is 0 Å². The Kier molecular flexibility index (Phi) is 4.21. The lowest BCUT2D eigenvalue weighted by molar-refractivity contribution is -0.137. The maximum absolute atomic E-state index is 10.5. The van der Waals surface area contributed by atoms with Gasteiger partial charge in [-0.3, -0.25) is 9.59 Å². The second kappa shape index (κ2) is 4.68. The van der Waals surface area contributed by atoms with Gasteiger partial charge in [0.1, 0.15) is 0 Å². The highest BCUT2D eigenvalue weighted by Gasteiger charge is 2.13. The SMILES string of the molecule is CNC(CCC(=O)O)C(N)=O. The Labute approximate surface area is 64.6 Å². The van der Waals surface area contributed by atoms with Crippen LogP contribution in [0.25, 0.3) is 0 Å². The molecule has 0 radical (unpaired) electrons. The van der Waals surface area contributed by atoms with Gasteiger partial charge in [0.25, 0.3) is 0 Å². The molecule has 1 amide bonds. The van der Waals surface area contributed by atoms with Crippen molar-refractivity contribution in [3.05, 3.63) is 0 Å². The summed E-state index contributed by atoms with van der Waals surface area (Å²) in [5.41, 5.74) is 4.94. The Morgan fingerprint density at radius 1 is 1.64 bits per heavy atom. The van der Waals surface area contributed by atoms with Crippen molar-refractivity contribution in [2.75, 3.05) is 7.05 Å². The first-order valence-electron chi connectivity index (χ1n) is 3.26. The first-order valence-corrected chi connectivity index (χ1v) is 3.26. The van der Waals surface area contributed by atoms with E-state index in [-0.39, 0.29) is 12.8 Å². The van der Waals surface area contributed by atoms with Crippen molar-refractivity contribution in [2.45, 2.75) is 18.9 Å². The fourth-order valence-corrected chi connectivity index (χ4v) is 0.697. The predicted octanol–water partition coefficient (Wildman–Crippen LogP) is -1.08. The van der Waals surface area contributed by atoms with Crippen molar-refractivity contribution in [1.82, 2.24) is 5.32 Å². The van der Waals surface area contributed by atoms with Gasteiger partial charge in [0.05, 0.1) is 6.04 Å². The van der Waals surface area contributed by atoms with Gasteiger partial charge in [-0.05, 0) is 13.5 Å². The van der Waals surface area contributed by atoms with Gasteiger partial charge >= 0.3 is 5.97 Å². The number of hydrogen-bond donors (Lipinski definition) is 3. The van der Waals surface area contributed by atoms with E-state index in [4.69, 9.17) is 10.8 Å². The van der Waals surface area contributed by atoms with Gasteiger partial charge in [-0.25, -0.2) is 0 Å². The van der Waals surface area contributed by atoms with E-state index < -0.39 is 17.9 Å². The Balaban J connectivity index is 3.70. The highest BCUT2D eigenvalue weighted by Crippen LogP contribution is 1.95. The zero-order valence-corrected chi connectivity index (χ0v) is 6.33. The summed E-state index contributed by atoms with van der Waals surface area (Å²) in [5.74, 6) is -1.44. The molecule has 0 aromatic heterocycles. The topological polar surface area (TPSA) is 92.4 Å². The van der Waals surface area contributed by atoms with E-state index >= 15 is 0 Å². The largest absolute Gasteiger partial charge is 0.481 e. The van der Waals surface area contributed by atoms with E-state index in [1.54, 1.807) is 7.05 Å². The monoisotopic (exact) mass is 160 g/mol. The zero-order valence-electron chi connectivity index (χ0n) is 6.33. The summed E-state index contributed by atoms with van der Waals surface area (Å²) in [5, 5.41) is 10.9. The minimum absolute atomic E-state index is 0.0472. The van der Waals surface area contributed by atoms with Crippen molar-refractivity contribution in [3.8, 4) is 0 Å². The summed E-state index contributed by atoms with van der Waals surface area (Å²) in [7, 11) is 1.57. The summed E-state index contributed by atoms with van der Waals surface area (Å²) < 4.78 is 0. The molecule has 5 heteroatoms. The number of hydrogen-bond acceptors (Lipinski definition) is 3. The third kappa shape index (κ3) is 4.32. The Morgan fingerprint density at radius 3 is 2.45 bits per heavy atom. The maximum Gasteiger partial charge on any atom is 0.303 e. The van der Waals surface area contributed by atoms with Crippen LogP contribution >= 0.6 is 0 Å². The number of nitrogens with one attached hydrogen (secondary N) is 1. The molecule has 64 valence electrons. The quantitative estimate of drug-likeness (QED) is 0.477. The molecule has 11 heavy (non-hydrogen) atoms. The van der Waals surface area contributed by atoms with E-state index in [0.29, 0.717) is 0 Å². The number of carbonyl (C=O) groups excluding carboxylic acids is 1. The van der Waals surface area contributed by atoms with Crippen LogP contribution < -0.4 is 11.1 Å². The van der Waals surface area contributed by atoms with Crippen LogP contribution in [0.1, 0.15) is 12.8 Å². The number of rotatable bonds is 5. The van der Waals surface area contributed by atoms with Crippen LogP contribution in [-0.4, -0.2) is 30.1 Å². The first kappa shape index (κ1) is 9.90. The summed E-state index contributed by atoms with van der Waals surface area (Å²) in [6.07, 6.45) is 0.190. The summed E-state index contributed by atoms with van der Waals surface area (Å²) in [6, 6.07) is -0.536. The number of amides is 1. The molecule has 0 bridgehead atoms. The predicted molar refractivity (Wildman–Crippen MR) is 38.9 cm³/mol. The third-order valence-corrected chi connectivity index (χ3v) is 1.34. The molecule has 0 saturated carbocycles. The second-order valence-electron chi connectivity index (χ2n) is 2.18. The molecular weight excluding hydrogens is 148 g/mol. The van der Waals surface area contributed by atoms with Crippen LogP contribution in [0.4, 0.5) is 0 Å². The smallest absolute Gasteiger partial charge is 0.303 e. The molecule has 1 unspecified atom stereocenters. The van der Waals surface area contributed by atoms with Gasteiger partial charge in [-0.15, -0.1) is 0 Å². The molecule has 0 aliphatic rings. The molecule has 5 nitrogen and oxygen atoms in total. The van der Waals surface area contributed by atoms with Gasteiger partial charge in [-0.2, -0.15) is 0 Å². The molecule has 0 spiro atoms. The van der Waals surface area contributed by atoms with Crippen molar-refractivity contribution < 1.29 is 14.7 Å². The van der Waals surface area contributed by atoms with Crippen LogP contribution in [0, 0.1) is 0 Å². The molecule has 0 aliphatic heterocycles. The van der Waals surface area contributed by atoms with Gasteiger partial charge < -0.3 is 16.2 Å². The second-order valence-corrected chi connectivity index (χ2v) is 2.18. The number of primary amides is 1. The summed E-state index contributed by atoms with van der Waals surface area (Å²) in [6.45, 7) is 0. The zero-order chi connectivity index (χ0) is 8.85. The molecule has 1 atom stereocenters. The third-order valence-electron chi connectivity index (χ3n) is 1.34. The van der Waals surface area contributed by atoms with Gasteiger partial charge in [0.15, 0.2) is 0 Å². The number of likely N-dealkylation sites (N-methyl/N-ethyl adjacent to an activating group) is 1. The van der Waals surface area contributed by atoms with Crippen molar-refractivity contribution in [2.24, 2.45) is 5.73 Å². The lowest BCUT2D eigenvalue weighted by Crippen LogP contribution is -2.39. The normalized spacial score (nSPS) is 12.5. The number of carboxylic acid groups (broad SMARTS) is 1. The molecule has 0 aromatic rings. The number of nitrogens with two attached hydrogens (primary N) is 1. The molecule has 0 aliphatic carbocycles. The molecule has 0 saturated heterocycles. The Hall–Kier alpha value is -1.10. The van der Waals surface area contributed by atoms with E-state index in [9.17, 15) is 9.59 Å². The minimum atomic E-state index is -0.925. The van der Waals surface area contributed by atoms with Crippen LogP contribution in [0.15, 0.2) is 0 Å². The standard InChI is InChI=1S/C6H12N2O3/c1-8-4(6(7)11)2-3-5(9)10/h4,8H,2-3H2,1H3,(H2,7,11)(H,9,10). The fraction of sp³-hybridized carbons (Fsp3) is 0.667. The molecule has 0 fully saturated rings. The van der Waals surface area contributed by atoms with E-state index in [1.165, 1.54) is 0 Å². The summed E-state index contributed by atoms with van der Waals surface area (Å²) in [4.78, 5) is 20.6. The van der Waals surface area contributed by atoms with Crippen LogP contribution in [0.5, 0.6) is 0 Å². The average Bonchev–Trinajstić information content (AvgIpc) is 1.87. The molecule has 0 rings (SSSR count). The van der Waals surface area contributed by atoms with E-state index in [2.05, 4.69) is 5.32 Å². The lowest BCUT2D eigenvalue weighted by Gasteiger charge is -2.09. The van der Waals surface area contributed by atoms with E-state index in [0.717, 1.165) is 0 Å². The van der Waals surface area contributed by atoms with Crippen LogP contribution in [0.3, 0.4) is 0 Å². The van der Waals surface area contributed by atoms with Crippen molar-refractivity contribution in [1.29, 1.82) is 0 Å². The van der Waals surface area contributed by atoms with Crippen molar-refractivity contribution >= 4 is 11.9 Å². The maximum atomic E-state index is 10.5. The first-order chi connectivity index (χ1) is 5.07.